The Hall–Kier alpha value is -1.96. The normalized spacial score (nSPS) is 11.5. The van der Waals surface area contributed by atoms with Crippen LogP contribution in [0.1, 0.15) is 0 Å². The van der Waals surface area contributed by atoms with Gasteiger partial charge in [-0.25, -0.2) is 9.18 Å². The van der Waals surface area contributed by atoms with E-state index in [1.807, 2.05) is 0 Å². The molecule has 0 aliphatic rings. The number of aromatic amines is 2. The number of H-pyrrole nitrogens is 2. The number of fused-ring (bicyclic) bond motifs is 3. The zero-order valence-electron chi connectivity index (χ0n) is 9.04. The highest BCUT2D eigenvalue weighted by Crippen LogP contribution is 2.31. The fourth-order valence-electron chi connectivity index (χ4n) is 1.96. The molecule has 18 heavy (non-hydrogen) atoms. The van der Waals surface area contributed by atoms with Crippen LogP contribution in [-0.4, -0.2) is 19.7 Å². The van der Waals surface area contributed by atoms with Crippen molar-refractivity contribution in [2.24, 2.45) is 7.05 Å². The Morgan fingerprint density at radius 1 is 1.39 bits per heavy atom. The second kappa shape index (κ2) is 3.52. The van der Waals surface area contributed by atoms with Gasteiger partial charge in [0, 0.05) is 18.6 Å². The fourth-order valence-corrected chi connectivity index (χ4v) is 2.45. The molecule has 0 fully saturated rings. The van der Waals surface area contributed by atoms with Gasteiger partial charge in [0.25, 0.3) is 5.56 Å². The number of nitrogens with zero attached hydrogens (tertiary/aromatic N) is 2. The van der Waals surface area contributed by atoms with Gasteiger partial charge < -0.3 is 4.98 Å². The average Bonchev–Trinajstić information content (AvgIpc) is 2.67. The average molecular weight is 313 g/mol. The van der Waals surface area contributed by atoms with Crippen LogP contribution < -0.4 is 11.2 Å². The van der Waals surface area contributed by atoms with Crippen molar-refractivity contribution in [1.82, 2.24) is 19.7 Å². The molecule has 92 valence electrons. The summed E-state index contributed by atoms with van der Waals surface area (Å²) < 4.78 is 15.7. The van der Waals surface area contributed by atoms with Crippen molar-refractivity contribution < 1.29 is 4.39 Å². The highest BCUT2D eigenvalue weighted by Gasteiger charge is 2.18. The van der Waals surface area contributed by atoms with Crippen molar-refractivity contribution in [1.29, 1.82) is 0 Å². The summed E-state index contributed by atoms with van der Waals surface area (Å²) >= 11 is 3.08. The van der Waals surface area contributed by atoms with E-state index in [1.54, 1.807) is 13.2 Å². The molecule has 1 aromatic carbocycles. The minimum absolute atomic E-state index is 0.0819. The van der Waals surface area contributed by atoms with Crippen molar-refractivity contribution in [3.8, 4) is 0 Å². The summed E-state index contributed by atoms with van der Waals surface area (Å²) in [6.07, 6.45) is 1.59. The van der Waals surface area contributed by atoms with E-state index in [1.165, 1.54) is 4.68 Å². The molecule has 0 spiro atoms. The number of aromatic nitrogens is 4. The predicted octanol–water partition coefficient (Wildman–Crippen LogP) is 1.00. The molecular formula is C10H6BrFN4O2. The molecule has 6 nitrogen and oxygen atoms in total. The third-order valence-corrected chi connectivity index (χ3v) is 3.38. The topological polar surface area (TPSA) is 83.5 Å². The standard InChI is InChI=1S/C10H6BrFN4O2/c1-16-2-3-4-8(13-10(18)14-9(4)17)6(12)5(11)7(3)15-16/h2H,1H3,(H2,13,14,17,18). The minimum Gasteiger partial charge on any atom is -0.304 e. The van der Waals surface area contributed by atoms with Crippen LogP contribution in [0.4, 0.5) is 4.39 Å². The van der Waals surface area contributed by atoms with Gasteiger partial charge in [0.05, 0.1) is 15.4 Å². The van der Waals surface area contributed by atoms with Gasteiger partial charge >= 0.3 is 5.69 Å². The smallest absolute Gasteiger partial charge is 0.304 e. The molecule has 0 saturated heterocycles. The van der Waals surface area contributed by atoms with Crippen LogP contribution in [0.25, 0.3) is 21.8 Å². The zero-order chi connectivity index (χ0) is 13.0. The summed E-state index contributed by atoms with van der Waals surface area (Å²) in [7, 11) is 1.66. The Morgan fingerprint density at radius 3 is 2.83 bits per heavy atom. The van der Waals surface area contributed by atoms with Crippen LogP contribution in [0, 0.1) is 5.82 Å². The molecule has 0 aliphatic carbocycles. The molecule has 2 heterocycles. The quantitative estimate of drug-likeness (QED) is 0.649. The van der Waals surface area contributed by atoms with Crippen molar-refractivity contribution in [2.45, 2.75) is 0 Å². The SMILES string of the molecule is Cn1cc2c(n1)c(Br)c(F)c1[nH]c(=O)[nH]c(=O)c12. The summed E-state index contributed by atoms with van der Waals surface area (Å²) in [6, 6.07) is 0. The van der Waals surface area contributed by atoms with Crippen LogP contribution in [0.3, 0.4) is 0 Å². The molecule has 0 saturated carbocycles. The molecule has 0 amide bonds. The second-order valence-corrected chi connectivity index (χ2v) is 4.64. The highest BCUT2D eigenvalue weighted by molar-refractivity contribution is 9.10. The first-order chi connectivity index (χ1) is 8.49. The maximum atomic E-state index is 14.1. The molecule has 8 heteroatoms. The van der Waals surface area contributed by atoms with E-state index in [9.17, 15) is 14.0 Å². The first-order valence-corrected chi connectivity index (χ1v) is 5.75. The third-order valence-electron chi connectivity index (χ3n) is 2.66. The van der Waals surface area contributed by atoms with Gasteiger partial charge in [0.1, 0.15) is 5.52 Å². The van der Waals surface area contributed by atoms with E-state index in [-0.39, 0.29) is 15.4 Å². The fraction of sp³-hybridized carbons (Fsp3) is 0.100. The Morgan fingerprint density at radius 2 is 2.11 bits per heavy atom. The van der Waals surface area contributed by atoms with E-state index < -0.39 is 17.1 Å². The number of rotatable bonds is 0. The third kappa shape index (κ3) is 1.35. The maximum Gasteiger partial charge on any atom is 0.326 e. The summed E-state index contributed by atoms with van der Waals surface area (Å²) in [5.74, 6) is -0.709. The Bertz CT molecular complexity index is 908. The molecule has 0 aliphatic heterocycles. The molecule has 0 radical (unpaired) electrons. The summed E-state index contributed by atoms with van der Waals surface area (Å²) in [6.45, 7) is 0. The molecule has 0 atom stereocenters. The summed E-state index contributed by atoms with van der Waals surface area (Å²) in [5.41, 5.74) is -1.18. The number of hydrogen-bond acceptors (Lipinski definition) is 3. The molecule has 0 bridgehead atoms. The zero-order valence-corrected chi connectivity index (χ0v) is 10.6. The van der Waals surface area contributed by atoms with Crippen LogP contribution in [0.2, 0.25) is 0 Å². The Balaban J connectivity index is 2.78. The van der Waals surface area contributed by atoms with Gasteiger partial charge in [-0.1, -0.05) is 0 Å². The van der Waals surface area contributed by atoms with E-state index in [2.05, 4.69) is 31.0 Å². The molecule has 2 aromatic heterocycles. The lowest BCUT2D eigenvalue weighted by atomic mass is 10.1. The van der Waals surface area contributed by atoms with Crippen LogP contribution >= 0.6 is 15.9 Å². The number of benzene rings is 1. The van der Waals surface area contributed by atoms with Gasteiger partial charge in [0.15, 0.2) is 5.82 Å². The van der Waals surface area contributed by atoms with E-state index >= 15 is 0 Å². The van der Waals surface area contributed by atoms with Crippen molar-refractivity contribution in [2.75, 3.05) is 0 Å². The van der Waals surface area contributed by atoms with Crippen LogP contribution in [0.15, 0.2) is 20.3 Å². The number of hydrogen-bond donors (Lipinski definition) is 2. The van der Waals surface area contributed by atoms with Crippen LogP contribution in [-0.2, 0) is 7.05 Å². The summed E-state index contributed by atoms with van der Waals surface area (Å²) in [5, 5.41) is 4.62. The Labute approximate surface area is 107 Å². The predicted molar refractivity (Wildman–Crippen MR) is 67.1 cm³/mol. The van der Waals surface area contributed by atoms with Crippen molar-refractivity contribution in [3.63, 3.8) is 0 Å². The van der Waals surface area contributed by atoms with Gasteiger partial charge in [0.2, 0.25) is 0 Å². The first kappa shape index (κ1) is 11.1. The van der Waals surface area contributed by atoms with E-state index in [4.69, 9.17) is 0 Å². The minimum atomic E-state index is -0.749. The number of aryl methyl sites for hydroxylation is 1. The number of nitrogens with one attached hydrogen (secondary N) is 2. The lowest BCUT2D eigenvalue weighted by molar-refractivity contribution is 0.630. The molecule has 2 N–H and O–H groups in total. The number of halogens is 2. The molecule has 3 rings (SSSR count). The molecule has 3 aromatic rings. The molecule has 0 unspecified atom stereocenters. The van der Waals surface area contributed by atoms with Crippen molar-refractivity contribution >= 4 is 37.7 Å². The first-order valence-electron chi connectivity index (χ1n) is 4.95. The van der Waals surface area contributed by atoms with E-state index in [0.717, 1.165) is 0 Å². The van der Waals surface area contributed by atoms with Crippen molar-refractivity contribution in [3.05, 3.63) is 37.3 Å². The highest BCUT2D eigenvalue weighted by atomic mass is 79.9. The summed E-state index contributed by atoms with van der Waals surface area (Å²) in [4.78, 5) is 27.4. The Kier molecular flexibility index (Phi) is 2.18. The molecular weight excluding hydrogens is 307 g/mol. The van der Waals surface area contributed by atoms with Gasteiger partial charge in [-0.05, 0) is 15.9 Å². The lowest BCUT2D eigenvalue weighted by Gasteiger charge is -2.02. The van der Waals surface area contributed by atoms with Gasteiger partial charge in [-0.15, -0.1) is 0 Å². The maximum absolute atomic E-state index is 14.1. The second-order valence-electron chi connectivity index (χ2n) is 3.85. The monoisotopic (exact) mass is 312 g/mol. The van der Waals surface area contributed by atoms with Gasteiger partial charge in [-0.2, -0.15) is 5.10 Å². The largest absolute Gasteiger partial charge is 0.326 e. The van der Waals surface area contributed by atoms with Gasteiger partial charge in [-0.3, -0.25) is 14.5 Å². The van der Waals surface area contributed by atoms with Crippen LogP contribution in [0.5, 0.6) is 0 Å². The lowest BCUT2D eigenvalue weighted by Crippen LogP contribution is -2.22. The van der Waals surface area contributed by atoms with E-state index in [0.29, 0.717) is 10.9 Å².